The Morgan fingerprint density at radius 1 is 1.28 bits per heavy atom. The molecular formula is C12H12Cl2N2O2. The molecule has 0 aliphatic carbocycles. The lowest BCUT2D eigenvalue weighted by Crippen LogP contribution is -2.29. The Morgan fingerprint density at radius 3 is 2.67 bits per heavy atom. The van der Waals surface area contributed by atoms with E-state index in [-0.39, 0.29) is 0 Å². The van der Waals surface area contributed by atoms with Gasteiger partial charge in [-0.1, -0.05) is 29.3 Å². The third-order valence-electron chi connectivity index (χ3n) is 2.48. The maximum Gasteiger partial charge on any atom is 0.212 e. The summed E-state index contributed by atoms with van der Waals surface area (Å²) in [5.41, 5.74) is 0.0515. The molecule has 0 fully saturated rings. The summed E-state index contributed by atoms with van der Waals surface area (Å²) >= 11 is 12.4. The van der Waals surface area contributed by atoms with Crippen LogP contribution in [-0.4, -0.2) is 25.7 Å². The van der Waals surface area contributed by atoms with Gasteiger partial charge in [-0.25, -0.2) is 4.99 Å². The monoisotopic (exact) mass is 286 g/mol. The van der Waals surface area contributed by atoms with Crippen molar-refractivity contribution >= 4 is 34.8 Å². The standard InChI is InChI=1S/C12H12Cl2N2O2/c1-17-9-5-3-4-8(13)11(9)16-7-6-10(18-2)15-12(16)14/h3-7,12H,1-2H3. The smallest absolute Gasteiger partial charge is 0.212 e. The van der Waals surface area contributed by atoms with Crippen LogP contribution in [-0.2, 0) is 4.74 Å². The third-order valence-corrected chi connectivity index (χ3v) is 3.09. The second-order valence-corrected chi connectivity index (χ2v) is 4.29. The average Bonchev–Trinajstić information content (AvgIpc) is 2.39. The lowest BCUT2D eigenvalue weighted by atomic mass is 10.2. The molecule has 1 heterocycles. The van der Waals surface area contributed by atoms with E-state index in [4.69, 9.17) is 32.7 Å². The average molecular weight is 287 g/mol. The number of rotatable bonds is 2. The summed E-state index contributed by atoms with van der Waals surface area (Å²) in [4.78, 5) is 5.87. The third kappa shape index (κ3) is 2.40. The first-order valence-corrected chi connectivity index (χ1v) is 6.03. The van der Waals surface area contributed by atoms with Crippen LogP contribution in [0, 0.1) is 0 Å². The normalized spacial score (nSPS) is 18.6. The molecule has 1 aromatic carbocycles. The summed E-state index contributed by atoms with van der Waals surface area (Å²) in [6, 6.07) is 5.39. The van der Waals surface area contributed by atoms with Gasteiger partial charge in [0.05, 0.1) is 19.2 Å². The van der Waals surface area contributed by atoms with E-state index in [0.29, 0.717) is 22.4 Å². The molecule has 0 saturated heterocycles. The number of alkyl halides is 1. The molecule has 1 atom stereocenters. The summed E-state index contributed by atoms with van der Waals surface area (Å²) in [5.74, 6) is 1.10. The molecule has 1 aromatic rings. The van der Waals surface area contributed by atoms with Gasteiger partial charge in [0.25, 0.3) is 0 Å². The van der Waals surface area contributed by atoms with Crippen LogP contribution in [0.5, 0.6) is 5.75 Å². The Hall–Kier alpha value is -1.39. The van der Waals surface area contributed by atoms with Crippen molar-refractivity contribution < 1.29 is 9.47 Å². The fourth-order valence-electron chi connectivity index (χ4n) is 1.64. The van der Waals surface area contributed by atoms with E-state index in [1.165, 1.54) is 0 Å². The fraction of sp³-hybridized carbons (Fsp3) is 0.250. The van der Waals surface area contributed by atoms with Gasteiger partial charge in [-0.15, -0.1) is 0 Å². The molecule has 1 unspecified atom stereocenters. The SMILES string of the molecule is COC1=NC(Cl)N(c2c(Cl)cccc2OC)C=C1. The fourth-order valence-corrected chi connectivity index (χ4v) is 2.16. The van der Waals surface area contributed by atoms with Crippen molar-refractivity contribution in [3.63, 3.8) is 0 Å². The zero-order valence-electron chi connectivity index (χ0n) is 9.93. The minimum atomic E-state index is -0.626. The second kappa shape index (κ2) is 5.50. The molecule has 4 nitrogen and oxygen atoms in total. The van der Waals surface area contributed by atoms with Crippen molar-refractivity contribution in [2.75, 3.05) is 19.1 Å². The van der Waals surface area contributed by atoms with E-state index in [2.05, 4.69) is 4.99 Å². The van der Waals surface area contributed by atoms with E-state index >= 15 is 0 Å². The summed E-state index contributed by atoms with van der Waals surface area (Å²) < 4.78 is 10.3. The number of hydrogen-bond acceptors (Lipinski definition) is 4. The molecule has 6 heteroatoms. The number of hydrogen-bond donors (Lipinski definition) is 0. The Bertz CT molecular complexity index is 503. The van der Waals surface area contributed by atoms with Crippen molar-refractivity contribution in [2.45, 2.75) is 5.62 Å². The predicted molar refractivity (Wildman–Crippen MR) is 73.7 cm³/mol. The summed E-state index contributed by atoms with van der Waals surface area (Å²) in [5, 5.41) is 0.542. The first kappa shape index (κ1) is 13.1. The largest absolute Gasteiger partial charge is 0.495 e. The quantitative estimate of drug-likeness (QED) is 0.618. The molecule has 96 valence electrons. The van der Waals surface area contributed by atoms with Gasteiger partial charge in [0.15, 0.2) is 0 Å². The van der Waals surface area contributed by atoms with Gasteiger partial charge in [0.2, 0.25) is 11.5 Å². The number of halogens is 2. The van der Waals surface area contributed by atoms with Crippen LogP contribution in [0.4, 0.5) is 5.69 Å². The predicted octanol–water partition coefficient (Wildman–Crippen LogP) is 3.25. The van der Waals surface area contributed by atoms with Crippen LogP contribution in [0.1, 0.15) is 0 Å². The maximum absolute atomic E-state index is 6.18. The van der Waals surface area contributed by atoms with Crippen LogP contribution >= 0.6 is 23.2 Å². The maximum atomic E-state index is 6.18. The number of aliphatic imine (C=N–C) groups is 1. The van der Waals surface area contributed by atoms with Gasteiger partial charge < -0.3 is 14.4 Å². The van der Waals surface area contributed by atoms with Crippen molar-refractivity contribution in [2.24, 2.45) is 4.99 Å². The van der Waals surface area contributed by atoms with Crippen LogP contribution in [0.3, 0.4) is 0 Å². The molecule has 0 radical (unpaired) electrons. The van der Waals surface area contributed by atoms with Gasteiger partial charge in [-0.2, -0.15) is 0 Å². The molecule has 0 saturated carbocycles. The highest BCUT2D eigenvalue weighted by molar-refractivity contribution is 6.34. The molecule has 1 aliphatic heterocycles. The van der Waals surface area contributed by atoms with E-state index in [0.717, 1.165) is 0 Å². The van der Waals surface area contributed by atoms with Crippen molar-refractivity contribution in [3.8, 4) is 5.75 Å². The van der Waals surface area contributed by atoms with Crippen molar-refractivity contribution in [1.29, 1.82) is 0 Å². The first-order chi connectivity index (χ1) is 8.67. The Balaban J connectivity index is 2.40. The van der Waals surface area contributed by atoms with Crippen molar-refractivity contribution in [1.82, 2.24) is 0 Å². The molecule has 0 bridgehead atoms. The molecule has 1 aliphatic rings. The number of benzene rings is 1. The number of nitrogens with zero attached hydrogens (tertiary/aromatic N) is 2. The van der Waals surface area contributed by atoms with Gasteiger partial charge in [0, 0.05) is 12.3 Å². The molecule has 0 spiro atoms. The molecule has 0 N–H and O–H groups in total. The lowest BCUT2D eigenvalue weighted by Gasteiger charge is -2.28. The van der Waals surface area contributed by atoms with Gasteiger partial charge >= 0.3 is 0 Å². The van der Waals surface area contributed by atoms with Crippen LogP contribution in [0.25, 0.3) is 0 Å². The van der Waals surface area contributed by atoms with Crippen LogP contribution in [0.15, 0.2) is 35.5 Å². The number of methoxy groups -OCH3 is 2. The van der Waals surface area contributed by atoms with Crippen LogP contribution in [0.2, 0.25) is 5.02 Å². The van der Waals surface area contributed by atoms with E-state index < -0.39 is 5.62 Å². The Morgan fingerprint density at radius 2 is 2.06 bits per heavy atom. The first-order valence-electron chi connectivity index (χ1n) is 5.22. The molecule has 2 rings (SSSR count). The minimum Gasteiger partial charge on any atom is -0.495 e. The lowest BCUT2D eigenvalue weighted by molar-refractivity contribution is 0.401. The zero-order chi connectivity index (χ0) is 13.1. The van der Waals surface area contributed by atoms with Gasteiger partial charge in [0.1, 0.15) is 11.4 Å². The van der Waals surface area contributed by atoms with Crippen molar-refractivity contribution in [3.05, 3.63) is 35.5 Å². The second-order valence-electron chi connectivity index (χ2n) is 3.50. The number of para-hydroxylation sites is 1. The molecule has 0 amide bonds. The topological polar surface area (TPSA) is 34.1 Å². The van der Waals surface area contributed by atoms with Gasteiger partial charge in [-0.3, -0.25) is 0 Å². The highest BCUT2D eigenvalue weighted by Crippen LogP contribution is 2.38. The Kier molecular flexibility index (Phi) is 3.99. The summed E-state index contributed by atoms with van der Waals surface area (Å²) in [6.07, 6.45) is 3.47. The van der Waals surface area contributed by atoms with E-state index in [1.54, 1.807) is 37.5 Å². The molecule has 18 heavy (non-hydrogen) atoms. The number of anilines is 1. The highest BCUT2D eigenvalue weighted by Gasteiger charge is 2.23. The minimum absolute atomic E-state index is 0.470. The zero-order valence-corrected chi connectivity index (χ0v) is 11.4. The summed E-state index contributed by atoms with van der Waals surface area (Å²) in [7, 11) is 3.12. The van der Waals surface area contributed by atoms with E-state index in [9.17, 15) is 0 Å². The highest BCUT2D eigenvalue weighted by atomic mass is 35.5. The number of ether oxygens (including phenoxy) is 2. The molecule has 0 aromatic heterocycles. The van der Waals surface area contributed by atoms with E-state index in [1.807, 2.05) is 12.1 Å². The van der Waals surface area contributed by atoms with Gasteiger partial charge in [-0.05, 0) is 12.1 Å². The Labute approximate surface area is 115 Å². The molecular weight excluding hydrogens is 275 g/mol. The summed E-state index contributed by atoms with van der Waals surface area (Å²) in [6.45, 7) is 0. The van der Waals surface area contributed by atoms with Crippen LogP contribution < -0.4 is 9.64 Å².